The Balaban J connectivity index is 1.87. The number of rotatable bonds is 1. The molecule has 4 nitrogen and oxygen atoms in total. The van der Waals surface area contributed by atoms with Gasteiger partial charge in [-0.15, -0.1) is 0 Å². The second kappa shape index (κ2) is 3.40. The van der Waals surface area contributed by atoms with E-state index in [1.54, 1.807) is 0 Å². The first kappa shape index (κ1) is 9.36. The average Bonchev–Trinajstić information content (AvgIpc) is 2.96. The van der Waals surface area contributed by atoms with Gasteiger partial charge in [0.25, 0.3) is 0 Å². The largest absolute Gasteiger partial charge is 0.307 e. The number of aromatic amines is 1. The molecule has 4 heteroatoms. The molecule has 86 valence electrons. The van der Waals surface area contributed by atoms with Gasteiger partial charge in [-0.2, -0.15) is 5.10 Å². The Labute approximate surface area is 99.5 Å². The Morgan fingerprint density at radius 3 is 3.12 bits per heavy atom. The van der Waals surface area contributed by atoms with Gasteiger partial charge < -0.3 is 5.32 Å². The molecule has 0 saturated carbocycles. The molecule has 2 bridgehead atoms. The molecule has 1 fully saturated rings. The number of fused-ring (bicyclic) bond motifs is 4. The van der Waals surface area contributed by atoms with Crippen molar-refractivity contribution < 1.29 is 0 Å². The summed E-state index contributed by atoms with van der Waals surface area (Å²) < 4.78 is 0. The molecule has 0 amide bonds. The van der Waals surface area contributed by atoms with Crippen molar-refractivity contribution in [3.8, 4) is 11.4 Å². The van der Waals surface area contributed by atoms with E-state index in [-0.39, 0.29) is 0 Å². The Kier molecular flexibility index (Phi) is 1.87. The maximum atomic E-state index is 4.46. The van der Waals surface area contributed by atoms with Crippen LogP contribution in [-0.4, -0.2) is 21.2 Å². The lowest BCUT2D eigenvalue weighted by Gasteiger charge is -2.21. The number of nitrogens with one attached hydrogen (secondary N) is 2. The highest BCUT2D eigenvalue weighted by Gasteiger charge is 2.36. The number of nitrogens with zero attached hydrogens (tertiary/aromatic N) is 2. The van der Waals surface area contributed by atoms with Gasteiger partial charge in [-0.05, 0) is 25.0 Å². The number of pyridine rings is 1. The first-order valence-electron chi connectivity index (χ1n) is 6.16. The zero-order valence-corrected chi connectivity index (χ0v) is 9.48. The monoisotopic (exact) mass is 226 g/mol. The summed E-state index contributed by atoms with van der Waals surface area (Å²) in [4.78, 5) is 4.40. The van der Waals surface area contributed by atoms with Gasteiger partial charge in [0.05, 0.1) is 5.69 Å². The summed E-state index contributed by atoms with van der Waals surface area (Å²) in [6, 6.07) is 7.09. The predicted molar refractivity (Wildman–Crippen MR) is 64.4 cm³/mol. The molecule has 17 heavy (non-hydrogen) atoms. The van der Waals surface area contributed by atoms with Crippen LogP contribution in [0.2, 0.25) is 0 Å². The summed E-state index contributed by atoms with van der Waals surface area (Å²) in [7, 11) is 0. The van der Waals surface area contributed by atoms with Gasteiger partial charge in [-0.1, -0.05) is 6.07 Å². The van der Waals surface area contributed by atoms with Crippen molar-refractivity contribution >= 4 is 0 Å². The molecule has 1 saturated heterocycles. The van der Waals surface area contributed by atoms with Crippen LogP contribution in [0.1, 0.15) is 30.1 Å². The Bertz CT molecular complexity index is 546. The van der Waals surface area contributed by atoms with Crippen molar-refractivity contribution in [2.24, 2.45) is 0 Å². The zero-order valence-electron chi connectivity index (χ0n) is 9.48. The molecule has 2 N–H and O–H groups in total. The van der Waals surface area contributed by atoms with Crippen LogP contribution in [0, 0.1) is 0 Å². The van der Waals surface area contributed by atoms with Crippen LogP contribution >= 0.6 is 0 Å². The van der Waals surface area contributed by atoms with E-state index >= 15 is 0 Å². The zero-order chi connectivity index (χ0) is 11.2. The lowest BCUT2D eigenvalue weighted by Crippen LogP contribution is -2.31. The number of hydrogen-bond acceptors (Lipinski definition) is 3. The van der Waals surface area contributed by atoms with Gasteiger partial charge >= 0.3 is 0 Å². The van der Waals surface area contributed by atoms with E-state index in [0.29, 0.717) is 12.1 Å². The van der Waals surface area contributed by atoms with E-state index in [1.165, 1.54) is 24.1 Å². The minimum Gasteiger partial charge on any atom is -0.307 e. The Morgan fingerprint density at radius 1 is 1.24 bits per heavy atom. The summed E-state index contributed by atoms with van der Waals surface area (Å²) in [6.45, 7) is 0. The maximum Gasteiger partial charge on any atom is 0.115 e. The molecule has 4 rings (SSSR count). The molecule has 0 aliphatic carbocycles. The van der Waals surface area contributed by atoms with E-state index in [0.717, 1.165) is 17.8 Å². The minimum atomic E-state index is 0.472. The second-order valence-corrected chi connectivity index (χ2v) is 4.88. The van der Waals surface area contributed by atoms with E-state index in [4.69, 9.17) is 0 Å². The molecule has 0 aromatic carbocycles. The first-order valence-corrected chi connectivity index (χ1v) is 6.16. The quantitative estimate of drug-likeness (QED) is 0.780. The minimum absolute atomic E-state index is 0.472. The molecular formula is C13H14N4. The molecular weight excluding hydrogens is 212 g/mol. The standard InChI is InChI=1S/C13H14N4/c1-2-6-14-10(3-1)13-12-9-5-4-8(15-9)7-11(12)16-17-13/h1-3,6,8-9,15H,4-5,7H2,(H,16,17)/t8-,9-/m1/s1. The van der Waals surface area contributed by atoms with Gasteiger partial charge in [0.2, 0.25) is 0 Å². The van der Waals surface area contributed by atoms with Gasteiger partial charge in [-0.25, -0.2) is 0 Å². The van der Waals surface area contributed by atoms with E-state index < -0.39 is 0 Å². The summed E-state index contributed by atoms with van der Waals surface area (Å²) in [5.41, 5.74) is 4.64. The summed E-state index contributed by atoms with van der Waals surface area (Å²) in [5, 5.41) is 11.3. The van der Waals surface area contributed by atoms with Crippen LogP contribution in [0.4, 0.5) is 0 Å². The van der Waals surface area contributed by atoms with Gasteiger partial charge in [0.1, 0.15) is 5.69 Å². The second-order valence-electron chi connectivity index (χ2n) is 4.88. The Morgan fingerprint density at radius 2 is 2.24 bits per heavy atom. The van der Waals surface area contributed by atoms with Crippen molar-refractivity contribution in [3.05, 3.63) is 35.7 Å². The smallest absolute Gasteiger partial charge is 0.115 e. The number of H-pyrrole nitrogens is 1. The van der Waals surface area contributed by atoms with Gasteiger partial charge in [0, 0.05) is 36.0 Å². The topological polar surface area (TPSA) is 53.6 Å². The summed E-state index contributed by atoms with van der Waals surface area (Å²) in [6.07, 6.45) is 5.39. The van der Waals surface area contributed by atoms with Crippen molar-refractivity contribution in [1.29, 1.82) is 0 Å². The van der Waals surface area contributed by atoms with Gasteiger partial charge in [0.15, 0.2) is 0 Å². The first-order chi connectivity index (χ1) is 8.42. The fourth-order valence-corrected chi connectivity index (χ4v) is 3.07. The third-order valence-corrected chi connectivity index (χ3v) is 3.83. The highest BCUT2D eigenvalue weighted by Crippen LogP contribution is 2.39. The van der Waals surface area contributed by atoms with Gasteiger partial charge in [-0.3, -0.25) is 10.1 Å². The summed E-state index contributed by atoms with van der Waals surface area (Å²) in [5.74, 6) is 0. The number of hydrogen-bond donors (Lipinski definition) is 2. The maximum absolute atomic E-state index is 4.46. The normalized spacial score (nSPS) is 25.9. The van der Waals surface area contributed by atoms with Crippen LogP contribution in [0.5, 0.6) is 0 Å². The molecule has 0 unspecified atom stereocenters. The fourth-order valence-electron chi connectivity index (χ4n) is 3.07. The average molecular weight is 226 g/mol. The Hall–Kier alpha value is -1.68. The molecule has 0 radical (unpaired) electrons. The predicted octanol–water partition coefficient (Wildman–Crippen LogP) is 1.82. The van der Waals surface area contributed by atoms with Crippen molar-refractivity contribution in [2.45, 2.75) is 31.3 Å². The lowest BCUT2D eigenvalue weighted by atomic mass is 9.98. The van der Waals surface area contributed by atoms with Crippen LogP contribution in [0.15, 0.2) is 24.4 Å². The molecule has 2 aromatic heterocycles. The molecule has 2 aromatic rings. The van der Waals surface area contributed by atoms with Crippen LogP contribution < -0.4 is 5.32 Å². The summed E-state index contributed by atoms with van der Waals surface area (Å²) >= 11 is 0. The van der Waals surface area contributed by atoms with Crippen LogP contribution in [0.25, 0.3) is 11.4 Å². The molecule has 2 aliphatic heterocycles. The lowest BCUT2D eigenvalue weighted by molar-refractivity contribution is 0.511. The van der Waals surface area contributed by atoms with E-state index in [9.17, 15) is 0 Å². The number of aromatic nitrogens is 3. The van der Waals surface area contributed by atoms with Crippen molar-refractivity contribution in [2.75, 3.05) is 0 Å². The van der Waals surface area contributed by atoms with Crippen LogP contribution in [-0.2, 0) is 6.42 Å². The molecule has 2 atom stereocenters. The SMILES string of the molecule is c1ccc(-c2n[nH]c3c2[C@H]2CC[C@H](C3)N2)nc1. The molecule has 2 aliphatic rings. The molecule has 4 heterocycles. The van der Waals surface area contributed by atoms with Crippen molar-refractivity contribution in [1.82, 2.24) is 20.5 Å². The fraction of sp³-hybridized carbons (Fsp3) is 0.385. The van der Waals surface area contributed by atoms with Crippen LogP contribution in [0.3, 0.4) is 0 Å². The third-order valence-electron chi connectivity index (χ3n) is 3.83. The highest BCUT2D eigenvalue weighted by atomic mass is 15.2. The molecule has 0 spiro atoms. The highest BCUT2D eigenvalue weighted by molar-refractivity contribution is 5.61. The van der Waals surface area contributed by atoms with E-state index in [2.05, 4.69) is 20.5 Å². The third kappa shape index (κ3) is 1.34. The van der Waals surface area contributed by atoms with E-state index in [1.807, 2.05) is 24.4 Å². The van der Waals surface area contributed by atoms with Crippen molar-refractivity contribution in [3.63, 3.8) is 0 Å².